The summed E-state index contributed by atoms with van der Waals surface area (Å²) in [6, 6.07) is 14.1. The van der Waals surface area contributed by atoms with Crippen molar-refractivity contribution in [1.82, 2.24) is 20.3 Å². The maximum absolute atomic E-state index is 5.59. The van der Waals surface area contributed by atoms with Crippen LogP contribution in [0.15, 0.2) is 55.0 Å². The minimum Gasteiger partial charge on any atom is -0.496 e. The van der Waals surface area contributed by atoms with Gasteiger partial charge in [0.15, 0.2) is 0 Å². The second kappa shape index (κ2) is 10.7. The molecule has 0 amide bonds. The van der Waals surface area contributed by atoms with E-state index in [1.165, 1.54) is 5.56 Å². The molecule has 7 nitrogen and oxygen atoms in total. The van der Waals surface area contributed by atoms with E-state index in [1.807, 2.05) is 43.6 Å². The second-order valence-electron chi connectivity index (χ2n) is 7.72. The lowest BCUT2D eigenvalue weighted by molar-refractivity contribution is 0.385. The highest BCUT2D eigenvalue weighted by atomic mass is 16.5. The van der Waals surface area contributed by atoms with Crippen LogP contribution in [0, 0.1) is 0 Å². The van der Waals surface area contributed by atoms with Gasteiger partial charge in [0.1, 0.15) is 23.7 Å². The number of anilines is 2. The van der Waals surface area contributed by atoms with Gasteiger partial charge >= 0.3 is 0 Å². The molecular formula is C24H32N6O. The van der Waals surface area contributed by atoms with Gasteiger partial charge in [0, 0.05) is 48.4 Å². The first-order chi connectivity index (χ1) is 15.1. The summed E-state index contributed by atoms with van der Waals surface area (Å²) in [5.41, 5.74) is 2.88. The summed E-state index contributed by atoms with van der Waals surface area (Å²) in [4.78, 5) is 13.3. The number of nitrogens with one attached hydrogen (secondary N) is 3. The molecule has 2 aromatic heterocycles. The van der Waals surface area contributed by atoms with Crippen LogP contribution in [-0.4, -0.2) is 48.7 Å². The van der Waals surface area contributed by atoms with Crippen LogP contribution in [0.3, 0.4) is 0 Å². The van der Waals surface area contributed by atoms with Gasteiger partial charge < -0.3 is 20.7 Å². The Hall–Kier alpha value is -3.19. The highest BCUT2D eigenvalue weighted by molar-refractivity contribution is 5.62. The molecule has 0 spiro atoms. The molecule has 0 fully saturated rings. The quantitative estimate of drug-likeness (QED) is 0.405. The van der Waals surface area contributed by atoms with Crippen LogP contribution in [0.1, 0.15) is 25.8 Å². The van der Waals surface area contributed by atoms with Gasteiger partial charge in [-0.15, -0.1) is 0 Å². The van der Waals surface area contributed by atoms with E-state index >= 15 is 0 Å². The zero-order chi connectivity index (χ0) is 22.1. The first kappa shape index (κ1) is 22.5. The van der Waals surface area contributed by atoms with E-state index in [0.717, 1.165) is 54.7 Å². The van der Waals surface area contributed by atoms with Crippen LogP contribution in [0.5, 0.6) is 5.75 Å². The lowest BCUT2D eigenvalue weighted by Gasteiger charge is -2.31. The Labute approximate surface area is 184 Å². The Morgan fingerprint density at radius 1 is 0.968 bits per heavy atom. The monoisotopic (exact) mass is 420 g/mol. The lowest BCUT2D eigenvalue weighted by Crippen LogP contribution is -2.31. The van der Waals surface area contributed by atoms with E-state index in [0.29, 0.717) is 0 Å². The van der Waals surface area contributed by atoms with Crippen molar-refractivity contribution in [3.63, 3.8) is 0 Å². The van der Waals surface area contributed by atoms with E-state index in [-0.39, 0.29) is 5.41 Å². The fourth-order valence-electron chi connectivity index (χ4n) is 3.42. The summed E-state index contributed by atoms with van der Waals surface area (Å²) in [6.07, 6.45) is 4.38. The Kier molecular flexibility index (Phi) is 7.78. The number of likely N-dealkylation sites (N-methyl/N-ethyl adjacent to an activating group) is 1. The molecule has 2 heterocycles. The van der Waals surface area contributed by atoms with Crippen molar-refractivity contribution in [1.29, 1.82) is 0 Å². The molecule has 0 aliphatic rings. The minimum atomic E-state index is -0.0973. The molecule has 3 rings (SSSR count). The average Bonchev–Trinajstić information content (AvgIpc) is 2.83. The normalized spacial score (nSPS) is 12.8. The molecule has 7 heteroatoms. The SMILES string of the molecule is CCC(C)(CNc1cc(-c2ccc(NCCNC)nc2)ncn1)c1ccccc1OC. The molecule has 0 aliphatic heterocycles. The number of hydrogen-bond donors (Lipinski definition) is 3. The summed E-state index contributed by atoms with van der Waals surface area (Å²) < 4.78 is 5.59. The fraction of sp³-hybridized carbons (Fsp3) is 0.375. The van der Waals surface area contributed by atoms with Crippen LogP contribution >= 0.6 is 0 Å². The summed E-state index contributed by atoms with van der Waals surface area (Å²) >= 11 is 0. The predicted octanol–water partition coefficient (Wildman–Crippen LogP) is 3.96. The number of nitrogens with zero attached hydrogens (tertiary/aromatic N) is 3. The van der Waals surface area contributed by atoms with Gasteiger partial charge in [-0.05, 0) is 31.7 Å². The number of hydrogen-bond acceptors (Lipinski definition) is 7. The summed E-state index contributed by atoms with van der Waals surface area (Å²) in [7, 11) is 3.65. The molecule has 0 aliphatic carbocycles. The Morgan fingerprint density at radius 3 is 2.52 bits per heavy atom. The number of pyridine rings is 1. The maximum Gasteiger partial charge on any atom is 0.129 e. The number of rotatable bonds is 11. The van der Waals surface area contributed by atoms with Crippen molar-refractivity contribution in [2.75, 3.05) is 44.4 Å². The predicted molar refractivity (Wildman–Crippen MR) is 127 cm³/mol. The minimum absolute atomic E-state index is 0.0973. The number of para-hydroxylation sites is 1. The highest BCUT2D eigenvalue weighted by Crippen LogP contribution is 2.34. The fourth-order valence-corrected chi connectivity index (χ4v) is 3.42. The molecule has 0 saturated carbocycles. The molecule has 0 bridgehead atoms. The smallest absolute Gasteiger partial charge is 0.129 e. The summed E-state index contributed by atoms with van der Waals surface area (Å²) in [5.74, 6) is 2.55. The standard InChI is InChI=1S/C24H32N6O/c1-5-24(2,19-8-6-7-9-21(19)31-4)16-28-23-14-20(29-17-30-23)18-10-11-22(27-15-18)26-13-12-25-3/h6-11,14-15,17,25H,5,12-13,16H2,1-4H3,(H,26,27)(H,28,29,30). The Bertz CT molecular complexity index is 962. The number of benzene rings is 1. The van der Waals surface area contributed by atoms with Gasteiger partial charge in [-0.25, -0.2) is 15.0 Å². The van der Waals surface area contributed by atoms with Crippen LogP contribution < -0.4 is 20.7 Å². The van der Waals surface area contributed by atoms with Crippen molar-refractivity contribution >= 4 is 11.6 Å². The number of methoxy groups -OCH3 is 1. The molecule has 3 N–H and O–H groups in total. The van der Waals surface area contributed by atoms with E-state index in [2.05, 4.69) is 56.9 Å². The van der Waals surface area contributed by atoms with Crippen LogP contribution in [0.4, 0.5) is 11.6 Å². The molecule has 1 aromatic carbocycles. The third-order valence-corrected chi connectivity index (χ3v) is 5.60. The molecular weight excluding hydrogens is 388 g/mol. The number of aromatic nitrogens is 3. The van der Waals surface area contributed by atoms with Crippen LogP contribution in [0.25, 0.3) is 11.3 Å². The van der Waals surface area contributed by atoms with E-state index < -0.39 is 0 Å². The van der Waals surface area contributed by atoms with Crippen molar-refractivity contribution in [3.05, 3.63) is 60.6 Å². The summed E-state index contributed by atoms with van der Waals surface area (Å²) in [6.45, 7) is 6.87. The third kappa shape index (κ3) is 5.70. The van der Waals surface area contributed by atoms with Gasteiger partial charge in [-0.3, -0.25) is 0 Å². The van der Waals surface area contributed by atoms with Crippen molar-refractivity contribution in [2.24, 2.45) is 0 Å². The maximum atomic E-state index is 5.59. The molecule has 1 unspecified atom stereocenters. The largest absolute Gasteiger partial charge is 0.496 e. The zero-order valence-corrected chi connectivity index (χ0v) is 18.8. The highest BCUT2D eigenvalue weighted by Gasteiger charge is 2.27. The second-order valence-corrected chi connectivity index (χ2v) is 7.72. The van der Waals surface area contributed by atoms with E-state index in [1.54, 1.807) is 13.4 Å². The summed E-state index contributed by atoms with van der Waals surface area (Å²) in [5, 5.41) is 9.87. The van der Waals surface area contributed by atoms with Crippen molar-refractivity contribution in [3.8, 4) is 17.0 Å². The molecule has 31 heavy (non-hydrogen) atoms. The molecule has 3 aromatic rings. The van der Waals surface area contributed by atoms with E-state index in [9.17, 15) is 0 Å². The molecule has 164 valence electrons. The third-order valence-electron chi connectivity index (χ3n) is 5.60. The molecule has 1 atom stereocenters. The number of ether oxygens (including phenoxy) is 1. The first-order valence-corrected chi connectivity index (χ1v) is 10.6. The van der Waals surface area contributed by atoms with Crippen LogP contribution in [-0.2, 0) is 5.41 Å². The van der Waals surface area contributed by atoms with Gasteiger partial charge in [-0.2, -0.15) is 0 Å². The lowest BCUT2D eigenvalue weighted by atomic mass is 9.79. The van der Waals surface area contributed by atoms with Crippen LogP contribution in [0.2, 0.25) is 0 Å². The molecule has 0 saturated heterocycles. The zero-order valence-electron chi connectivity index (χ0n) is 18.8. The van der Waals surface area contributed by atoms with Gasteiger partial charge in [0.25, 0.3) is 0 Å². The Balaban J connectivity index is 1.71. The average molecular weight is 421 g/mol. The topological polar surface area (TPSA) is 84.0 Å². The van der Waals surface area contributed by atoms with Gasteiger partial charge in [0.2, 0.25) is 0 Å². The van der Waals surface area contributed by atoms with E-state index in [4.69, 9.17) is 4.74 Å². The first-order valence-electron chi connectivity index (χ1n) is 10.6. The van der Waals surface area contributed by atoms with Gasteiger partial charge in [-0.1, -0.05) is 32.0 Å². The van der Waals surface area contributed by atoms with Crippen molar-refractivity contribution < 1.29 is 4.74 Å². The Morgan fingerprint density at radius 2 is 1.81 bits per heavy atom. The van der Waals surface area contributed by atoms with Gasteiger partial charge in [0.05, 0.1) is 12.8 Å². The molecule has 0 radical (unpaired) electrons. The van der Waals surface area contributed by atoms with Crippen molar-refractivity contribution in [2.45, 2.75) is 25.7 Å².